The molecule has 1 saturated carbocycles. The van der Waals surface area contributed by atoms with Crippen LogP contribution in [0.3, 0.4) is 0 Å². The molecule has 5 nitrogen and oxygen atoms in total. The summed E-state index contributed by atoms with van der Waals surface area (Å²) < 4.78 is 13.1. The molecule has 0 spiro atoms. The third kappa shape index (κ3) is 3.93. The van der Waals surface area contributed by atoms with Gasteiger partial charge in [0.15, 0.2) is 0 Å². The van der Waals surface area contributed by atoms with Crippen molar-refractivity contribution in [2.24, 2.45) is 5.92 Å². The van der Waals surface area contributed by atoms with Gasteiger partial charge < -0.3 is 15.3 Å². The molecule has 6 heteroatoms. The van der Waals surface area contributed by atoms with Crippen molar-refractivity contribution >= 4 is 11.8 Å². The minimum absolute atomic E-state index is 0.111. The van der Waals surface area contributed by atoms with Crippen LogP contribution in [0.5, 0.6) is 0 Å². The molecule has 0 unspecified atom stereocenters. The van der Waals surface area contributed by atoms with Gasteiger partial charge in [0, 0.05) is 25.9 Å². The fourth-order valence-corrected chi connectivity index (χ4v) is 3.47. The van der Waals surface area contributed by atoms with Crippen molar-refractivity contribution in [2.45, 2.75) is 44.2 Å². The Morgan fingerprint density at radius 3 is 2.62 bits per heavy atom. The number of halogens is 1. The normalized spacial score (nSPS) is 24.6. The highest BCUT2D eigenvalue weighted by atomic mass is 19.1. The zero-order valence-corrected chi connectivity index (χ0v) is 13.6. The van der Waals surface area contributed by atoms with E-state index >= 15 is 0 Å². The summed E-state index contributed by atoms with van der Waals surface area (Å²) >= 11 is 0. The standard InChI is InChI=1S/C18H23FN2O3/c19-14-5-3-12(4-6-14)18(13-10-15(22)11-13)20-16(23)7-9-21-8-1-2-17(21)24/h3-6,13,15,18,22H,1-2,7-11H2,(H,20,23)/t13?,15?,18-/m0/s1. The number of benzene rings is 1. The Bertz CT molecular complexity index is 599. The van der Waals surface area contributed by atoms with Crippen LogP contribution in [0.25, 0.3) is 0 Å². The minimum atomic E-state index is -0.322. The Morgan fingerprint density at radius 2 is 2.04 bits per heavy atom. The molecule has 1 heterocycles. The summed E-state index contributed by atoms with van der Waals surface area (Å²) in [6.07, 6.45) is 2.63. The molecule has 24 heavy (non-hydrogen) atoms. The molecule has 2 N–H and O–H groups in total. The molecule has 0 aromatic heterocycles. The van der Waals surface area contributed by atoms with Crippen molar-refractivity contribution in [2.75, 3.05) is 13.1 Å². The average Bonchev–Trinajstić information content (AvgIpc) is 2.94. The number of likely N-dealkylation sites (tertiary alicyclic amines) is 1. The number of rotatable bonds is 6. The second kappa shape index (κ2) is 7.30. The maximum atomic E-state index is 13.1. The summed E-state index contributed by atoms with van der Waals surface area (Å²) in [5, 5.41) is 12.6. The lowest BCUT2D eigenvalue weighted by Crippen LogP contribution is -2.42. The number of aliphatic hydroxyl groups excluding tert-OH is 1. The van der Waals surface area contributed by atoms with Crippen LogP contribution in [-0.2, 0) is 9.59 Å². The maximum Gasteiger partial charge on any atom is 0.222 e. The summed E-state index contributed by atoms with van der Waals surface area (Å²) in [6, 6.07) is 5.89. The molecule has 3 rings (SSSR count). The highest BCUT2D eigenvalue weighted by molar-refractivity contribution is 5.80. The molecule has 130 valence electrons. The van der Waals surface area contributed by atoms with Crippen molar-refractivity contribution in [3.05, 3.63) is 35.6 Å². The van der Waals surface area contributed by atoms with E-state index in [2.05, 4.69) is 5.32 Å². The van der Waals surface area contributed by atoms with E-state index in [9.17, 15) is 19.1 Å². The van der Waals surface area contributed by atoms with Gasteiger partial charge in [-0.15, -0.1) is 0 Å². The van der Waals surface area contributed by atoms with E-state index < -0.39 is 0 Å². The van der Waals surface area contributed by atoms with Crippen LogP contribution in [0, 0.1) is 11.7 Å². The number of carbonyl (C=O) groups excluding carboxylic acids is 2. The van der Waals surface area contributed by atoms with Gasteiger partial charge in [-0.05, 0) is 42.9 Å². The number of amides is 2. The second-order valence-corrected chi connectivity index (χ2v) is 6.72. The second-order valence-electron chi connectivity index (χ2n) is 6.72. The molecule has 1 aliphatic carbocycles. The van der Waals surface area contributed by atoms with Crippen molar-refractivity contribution in [3.63, 3.8) is 0 Å². The first kappa shape index (κ1) is 16.9. The van der Waals surface area contributed by atoms with Gasteiger partial charge in [0.2, 0.25) is 11.8 Å². The topological polar surface area (TPSA) is 69.6 Å². The van der Waals surface area contributed by atoms with Gasteiger partial charge in [-0.3, -0.25) is 9.59 Å². The third-order valence-electron chi connectivity index (χ3n) is 4.95. The summed E-state index contributed by atoms with van der Waals surface area (Å²) in [4.78, 5) is 25.6. The lowest BCUT2D eigenvalue weighted by molar-refractivity contribution is -0.128. The molecule has 2 amide bonds. The van der Waals surface area contributed by atoms with E-state index in [1.54, 1.807) is 17.0 Å². The summed E-state index contributed by atoms with van der Waals surface area (Å²) in [5.74, 6) is -0.168. The molecule has 0 radical (unpaired) electrons. The quantitative estimate of drug-likeness (QED) is 0.833. The maximum absolute atomic E-state index is 13.1. The molecule has 1 aliphatic heterocycles. The zero-order valence-electron chi connectivity index (χ0n) is 13.6. The number of aliphatic hydroxyl groups is 1. The van der Waals surface area contributed by atoms with E-state index in [1.807, 2.05) is 0 Å². The lowest BCUT2D eigenvalue weighted by Gasteiger charge is -2.38. The van der Waals surface area contributed by atoms with Crippen LogP contribution < -0.4 is 5.32 Å². The van der Waals surface area contributed by atoms with Crippen molar-refractivity contribution < 1.29 is 19.1 Å². The van der Waals surface area contributed by atoms with Gasteiger partial charge >= 0.3 is 0 Å². The molecule has 1 saturated heterocycles. The van der Waals surface area contributed by atoms with Crippen LogP contribution in [-0.4, -0.2) is 41.0 Å². The Balaban J connectivity index is 1.59. The predicted molar refractivity (Wildman–Crippen MR) is 86.4 cm³/mol. The van der Waals surface area contributed by atoms with Gasteiger partial charge in [-0.2, -0.15) is 0 Å². The molecule has 1 aromatic rings. The van der Waals surface area contributed by atoms with Crippen LogP contribution in [0.15, 0.2) is 24.3 Å². The summed E-state index contributed by atoms with van der Waals surface area (Å²) in [6.45, 7) is 1.16. The van der Waals surface area contributed by atoms with Gasteiger partial charge in [-0.25, -0.2) is 4.39 Å². The Hall–Kier alpha value is -1.95. The first-order valence-corrected chi connectivity index (χ1v) is 8.53. The van der Waals surface area contributed by atoms with E-state index in [4.69, 9.17) is 0 Å². The van der Waals surface area contributed by atoms with E-state index in [-0.39, 0.29) is 42.1 Å². The van der Waals surface area contributed by atoms with Gasteiger partial charge in [0.1, 0.15) is 5.82 Å². The molecule has 0 bridgehead atoms. The highest BCUT2D eigenvalue weighted by Gasteiger charge is 2.35. The average molecular weight is 334 g/mol. The predicted octanol–water partition coefficient (Wildman–Crippen LogP) is 1.77. The lowest BCUT2D eigenvalue weighted by atomic mass is 9.75. The van der Waals surface area contributed by atoms with Gasteiger partial charge in [0.05, 0.1) is 12.1 Å². The number of hydrogen-bond acceptors (Lipinski definition) is 3. The van der Waals surface area contributed by atoms with E-state index in [0.717, 1.165) is 18.5 Å². The third-order valence-corrected chi connectivity index (χ3v) is 4.95. The van der Waals surface area contributed by atoms with Gasteiger partial charge in [-0.1, -0.05) is 12.1 Å². The van der Waals surface area contributed by atoms with Crippen molar-refractivity contribution in [3.8, 4) is 0 Å². The fourth-order valence-electron chi connectivity index (χ4n) is 3.47. The van der Waals surface area contributed by atoms with Gasteiger partial charge in [0.25, 0.3) is 0 Å². The van der Waals surface area contributed by atoms with E-state index in [1.165, 1.54) is 12.1 Å². The Labute approximate surface area is 140 Å². The molecular weight excluding hydrogens is 311 g/mol. The van der Waals surface area contributed by atoms with Crippen LogP contribution in [0.2, 0.25) is 0 Å². The molecule has 1 aromatic carbocycles. The number of carbonyl (C=O) groups is 2. The van der Waals surface area contributed by atoms with Crippen LogP contribution >= 0.6 is 0 Å². The molecule has 2 fully saturated rings. The van der Waals surface area contributed by atoms with Crippen LogP contribution in [0.4, 0.5) is 4.39 Å². The highest BCUT2D eigenvalue weighted by Crippen LogP contribution is 2.38. The molecule has 2 aliphatic rings. The molecule has 1 atom stereocenters. The first-order valence-electron chi connectivity index (χ1n) is 8.53. The summed E-state index contributed by atoms with van der Waals surface area (Å²) in [5.41, 5.74) is 0.846. The number of hydrogen-bond donors (Lipinski definition) is 2. The van der Waals surface area contributed by atoms with Crippen molar-refractivity contribution in [1.82, 2.24) is 10.2 Å². The smallest absolute Gasteiger partial charge is 0.222 e. The first-order chi connectivity index (χ1) is 11.5. The zero-order chi connectivity index (χ0) is 17.1. The van der Waals surface area contributed by atoms with E-state index in [0.29, 0.717) is 25.8 Å². The SMILES string of the molecule is O=C(CCN1CCCC1=O)N[C@@H](c1ccc(F)cc1)C1CC(O)C1. The number of nitrogens with zero attached hydrogens (tertiary/aromatic N) is 1. The fraction of sp³-hybridized carbons (Fsp3) is 0.556. The van der Waals surface area contributed by atoms with Crippen molar-refractivity contribution in [1.29, 1.82) is 0 Å². The van der Waals surface area contributed by atoms with Crippen LogP contribution in [0.1, 0.15) is 43.7 Å². The summed E-state index contributed by atoms with van der Waals surface area (Å²) in [7, 11) is 0. The largest absolute Gasteiger partial charge is 0.393 e. The minimum Gasteiger partial charge on any atom is -0.393 e. The Kier molecular flexibility index (Phi) is 5.14. The molecular formula is C18H23FN2O3. The Morgan fingerprint density at radius 1 is 1.33 bits per heavy atom. The monoisotopic (exact) mass is 334 g/mol. The number of nitrogens with one attached hydrogen (secondary N) is 1.